The van der Waals surface area contributed by atoms with Gasteiger partial charge in [0.15, 0.2) is 0 Å². The Bertz CT molecular complexity index is 1020. The fourth-order valence-electron chi connectivity index (χ4n) is 2.81. The first-order chi connectivity index (χ1) is 11.9. The maximum Gasteiger partial charge on any atom is 0.239 e. The smallest absolute Gasteiger partial charge is 0.239 e. The molecule has 0 aliphatic rings. The molecular weight excluding hydrogens is 336 g/mol. The van der Waals surface area contributed by atoms with E-state index in [1.165, 1.54) is 0 Å². The molecule has 130 valence electrons. The quantitative estimate of drug-likeness (QED) is 0.764. The average molecular weight is 356 g/mol. The van der Waals surface area contributed by atoms with Gasteiger partial charge in [0.25, 0.3) is 0 Å². The number of nitrogens with one attached hydrogen (secondary N) is 1. The molecule has 6 heteroatoms. The Morgan fingerprint density at radius 2 is 1.76 bits per heavy atom. The number of para-hydroxylation sites is 1. The van der Waals surface area contributed by atoms with Crippen LogP contribution in [0.3, 0.4) is 0 Å². The van der Waals surface area contributed by atoms with Crippen LogP contribution in [0.2, 0.25) is 0 Å². The van der Waals surface area contributed by atoms with Crippen LogP contribution >= 0.6 is 0 Å². The molecule has 0 fully saturated rings. The van der Waals surface area contributed by atoms with Crippen molar-refractivity contribution in [1.82, 2.24) is 9.88 Å². The van der Waals surface area contributed by atoms with Crippen LogP contribution in [-0.2, 0) is 21.2 Å². The van der Waals surface area contributed by atoms with Crippen molar-refractivity contribution in [2.45, 2.75) is 30.2 Å². The minimum atomic E-state index is -3.66. The number of carbonyl (C=O) groups excluding carboxylic acids is 1. The average Bonchev–Trinajstić information content (AvgIpc) is 2.95. The molecule has 1 heterocycles. The molecule has 3 aromatic rings. The highest BCUT2D eigenvalue weighted by atomic mass is 32.2. The normalized spacial score (nSPS) is 11.6. The third kappa shape index (κ3) is 3.30. The third-order valence-electron chi connectivity index (χ3n) is 4.06. The number of nitrogens with zero attached hydrogens (tertiary/aromatic N) is 1. The molecule has 0 spiro atoms. The SMILES string of the molecule is CCNC(=O)Cn1cc(S(=O)(=O)c2ccc(C)cc2)c2ccccc21. The van der Waals surface area contributed by atoms with Gasteiger partial charge in [-0.15, -0.1) is 0 Å². The molecule has 2 aromatic carbocycles. The van der Waals surface area contributed by atoms with Gasteiger partial charge in [0.1, 0.15) is 6.54 Å². The van der Waals surface area contributed by atoms with E-state index in [1.807, 2.05) is 26.0 Å². The summed E-state index contributed by atoms with van der Waals surface area (Å²) >= 11 is 0. The van der Waals surface area contributed by atoms with Crippen LogP contribution in [0, 0.1) is 6.92 Å². The van der Waals surface area contributed by atoms with E-state index in [4.69, 9.17) is 0 Å². The second kappa shape index (κ2) is 6.72. The number of hydrogen-bond acceptors (Lipinski definition) is 3. The number of benzene rings is 2. The zero-order chi connectivity index (χ0) is 18.0. The zero-order valence-electron chi connectivity index (χ0n) is 14.2. The minimum absolute atomic E-state index is 0.0811. The second-order valence-electron chi connectivity index (χ2n) is 5.91. The summed E-state index contributed by atoms with van der Waals surface area (Å²) in [5.74, 6) is -0.150. The molecule has 0 bridgehead atoms. The number of likely N-dealkylation sites (N-methyl/N-ethyl adjacent to an activating group) is 1. The van der Waals surface area contributed by atoms with Crippen molar-refractivity contribution in [1.29, 1.82) is 0 Å². The van der Waals surface area contributed by atoms with Gasteiger partial charge in [-0.3, -0.25) is 4.79 Å². The van der Waals surface area contributed by atoms with Gasteiger partial charge in [-0.2, -0.15) is 0 Å². The molecule has 5 nitrogen and oxygen atoms in total. The van der Waals surface area contributed by atoms with Gasteiger partial charge in [0, 0.05) is 23.6 Å². The summed E-state index contributed by atoms with van der Waals surface area (Å²) in [5.41, 5.74) is 1.72. The highest BCUT2D eigenvalue weighted by molar-refractivity contribution is 7.91. The Labute approximate surface area is 147 Å². The lowest BCUT2D eigenvalue weighted by Crippen LogP contribution is -2.26. The van der Waals surface area contributed by atoms with Crippen molar-refractivity contribution in [2.24, 2.45) is 0 Å². The number of hydrogen-bond donors (Lipinski definition) is 1. The van der Waals surface area contributed by atoms with Crippen LogP contribution in [-0.4, -0.2) is 25.4 Å². The van der Waals surface area contributed by atoms with Crippen molar-refractivity contribution in [2.75, 3.05) is 6.54 Å². The van der Waals surface area contributed by atoms with E-state index in [0.717, 1.165) is 11.1 Å². The number of carbonyl (C=O) groups is 1. The molecule has 1 N–H and O–H groups in total. The van der Waals surface area contributed by atoms with Crippen LogP contribution in [0.25, 0.3) is 10.9 Å². The number of sulfone groups is 1. The van der Waals surface area contributed by atoms with Gasteiger partial charge in [-0.05, 0) is 32.0 Å². The van der Waals surface area contributed by atoms with E-state index in [1.54, 1.807) is 47.2 Å². The molecule has 1 aromatic heterocycles. The first-order valence-corrected chi connectivity index (χ1v) is 9.58. The van der Waals surface area contributed by atoms with Gasteiger partial charge in [0.05, 0.1) is 9.79 Å². The largest absolute Gasteiger partial charge is 0.355 e. The number of amides is 1. The highest BCUT2D eigenvalue weighted by Gasteiger charge is 2.23. The van der Waals surface area contributed by atoms with E-state index in [9.17, 15) is 13.2 Å². The van der Waals surface area contributed by atoms with Crippen molar-refractivity contribution < 1.29 is 13.2 Å². The predicted molar refractivity (Wildman–Crippen MR) is 97.3 cm³/mol. The Balaban J connectivity index is 2.13. The summed E-state index contributed by atoms with van der Waals surface area (Å²) < 4.78 is 27.8. The predicted octanol–water partition coefficient (Wildman–Crippen LogP) is 2.92. The number of aryl methyl sites for hydroxylation is 1. The van der Waals surface area contributed by atoms with E-state index in [0.29, 0.717) is 11.9 Å². The lowest BCUT2D eigenvalue weighted by Gasteiger charge is -2.05. The second-order valence-corrected chi connectivity index (χ2v) is 7.83. The van der Waals surface area contributed by atoms with Crippen LogP contribution < -0.4 is 5.32 Å². The van der Waals surface area contributed by atoms with Crippen molar-refractivity contribution >= 4 is 26.6 Å². The van der Waals surface area contributed by atoms with Crippen LogP contribution in [0.1, 0.15) is 12.5 Å². The fourth-order valence-corrected chi connectivity index (χ4v) is 4.29. The maximum absolute atomic E-state index is 13.1. The Morgan fingerprint density at radius 3 is 2.44 bits per heavy atom. The summed E-state index contributed by atoms with van der Waals surface area (Å²) in [6.45, 7) is 4.37. The van der Waals surface area contributed by atoms with E-state index >= 15 is 0 Å². The summed E-state index contributed by atoms with van der Waals surface area (Å²) in [6.07, 6.45) is 1.55. The van der Waals surface area contributed by atoms with Crippen molar-refractivity contribution in [3.63, 3.8) is 0 Å². The first-order valence-electron chi connectivity index (χ1n) is 8.10. The zero-order valence-corrected chi connectivity index (χ0v) is 15.0. The number of fused-ring (bicyclic) bond motifs is 1. The molecule has 0 aliphatic heterocycles. The standard InChI is InChI=1S/C19H20N2O3S/c1-3-20-19(22)13-21-12-18(16-6-4-5-7-17(16)21)25(23,24)15-10-8-14(2)9-11-15/h4-12H,3,13H2,1-2H3,(H,20,22). The summed E-state index contributed by atoms with van der Waals surface area (Å²) in [4.78, 5) is 12.4. The fraction of sp³-hybridized carbons (Fsp3) is 0.211. The molecule has 0 saturated carbocycles. The lowest BCUT2D eigenvalue weighted by molar-refractivity contribution is -0.121. The molecule has 0 aliphatic carbocycles. The monoisotopic (exact) mass is 356 g/mol. The Morgan fingerprint density at radius 1 is 1.08 bits per heavy atom. The molecule has 25 heavy (non-hydrogen) atoms. The minimum Gasteiger partial charge on any atom is -0.355 e. The van der Waals surface area contributed by atoms with E-state index in [-0.39, 0.29) is 22.2 Å². The summed E-state index contributed by atoms with van der Waals surface area (Å²) in [7, 11) is -3.66. The summed E-state index contributed by atoms with van der Waals surface area (Å²) in [6, 6.07) is 14.0. The van der Waals surface area contributed by atoms with E-state index in [2.05, 4.69) is 5.32 Å². The molecule has 0 atom stereocenters. The van der Waals surface area contributed by atoms with Crippen molar-refractivity contribution in [3.05, 3.63) is 60.3 Å². The van der Waals surface area contributed by atoms with Gasteiger partial charge < -0.3 is 9.88 Å². The molecule has 3 rings (SSSR count). The maximum atomic E-state index is 13.1. The highest BCUT2D eigenvalue weighted by Crippen LogP contribution is 2.30. The Hall–Kier alpha value is -2.60. The van der Waals surface area contributed by atoms with Gasteiger partial charge >= 0.3 is 0 Å². The molecule has 0 unspecified atom stereocenters. The Kier molecular flexibility index (Phi) is 4.63. The van der Waals surface area contributed by atoms with Gasteiger partial charge in [-0.1, -0.05) is 35.9 Å². The van der Waals surface area contributed by atoms with Gasteiger partial charge in [-0.25, -0.2) is 8.42 Å². The van der Waals surface area contributed by atoms with Crippen LogP contribution in [0.15, 0.2) is 64.5 Å². The van der Waals surface area contributed by atoms with Crippen LogP contribution in [0.4, 0.5) is 0 Å². The number of rotatable bonds is 5. The first kappa shape index (κ1) is 17.2. The number of aromatic nitrogens is 1. The topological polar surface area (TPSA) is 68.2 Å². The molecule has 1 amide bonds. The summed E-state index contributed by atoms with van der Waals surface area (Å²) in [5, 5.41) is 3.35. The molecular formula is C19H20N2O3S. The molecule has 0 radical (unpaired) electrons. The third-order valence-corrected chi connectivity index (χ3v) is 5.86. The lowest BCUT2D eigenvalue weighted by atomic mass is 10.2. The van der Waals surface area contributed by atoms with Crippen LogP contribution in [0.5, 0.6) is 0 Å². The molecule has 0 saturated heterocycles. The van der Waals surface area contributed by atoms with Crippen molar-refractivity contribution in [3.8, 4) is 0 Å². The van der Waals surface area contributed by atoms with E-state index < -0.39 is 9.84 Å². The van der Waals surface area contributed by atoms with Gasteiger partial charge in [0.2, 0.25) is 15.7 Å².